The molecule has 0 radical (unpaired) electrons. The number of rotatable bonds is 6. The number of benzene rings is 2. The minimum Gasteiger partial charge on any atom is -0.384 e. The monoisotopic (exact) mass is 560 g/mol. The molecule has 0 saturated heterocycles. The van der Waals surface area contributed by atoms with Gasteiger partial charge in [-0.2, -0.15) is 5.26 Å². The summed E-state index contributed by atoms with van der Waals surface area (Å²) in [5.74, 6) is -1.01. The molecule has 39 heavy (non-hydrogen) atoms. The highest BCUT2D eigenvalue weighted by molar-refractivity contribution is 8.01. The van der Waals surface area contributed by atoms with Crippen molar-refractivity contribution in [1.29, 1.82) is 5.26 Å². The molecule has 0 spiro atoms. The number of hydrogen-bond acceptors (Lipinski definition) is 9. The van der Waals surface area contributed by atoms with E-state index in [0.717, 1.165) is 22.4 Å². The van der Waals surface area contributed by atoms with Crippen molar-refractivity contribution < 1.29 is 14.0 Å². The summed E-state index contributed by atoms with van der Waals surface area (Å²) in [5, 5.41) is 21.8. The van der Waals surface area contributed by atoms with Gasteiger partial charge in [-0.1, -0.05) is 59.0 Å². The molecule has 3 aromatic rings. The number of aryl methyl sites for hydroxylation is 2. The van der Waals surface area contributed by atoms with Gasteiger partial charge in [0, 0.05) is 23.4 Å². The molecular formula is C28H25FN6O2S2. The highest BCUT2D eigenvalue weighted by Gasteiger charge is 2.41. The summed E-state index contributed by atoms with van der Waals surface area (Å²) in [6, 6.07) is 14.2. The molecule has 3 N–H and O–H groups in total. The first-order valence-corrected chi connectivity index (χ1v) is 14.1. The Morgan fingerprint density at radius 3 is 2.74 bits per heavy atom. The SMILES string of the molecule is Cc1ccc(C2C(C#N)=C(N)N(c3nnc(SCC(=O)Nc4cc(F)ccc4C)s3)C3=C2C(=O)CCC3)cc1. The summed E-state index contributed by atoms with van der Waals surface area (Å²) in [6.07, 6.45) is 1.69. The summed E-state index contributed by atoms with van der Waals surface area (Å²) in [4.78, 5) is 27.4. The van der Waals surface area contributed by atoms with Gasteiger partial charge in [0.25, 0.3) is 0 Å². The van der Waals surface area contributed by atoms with Crippen LogP contribution >= 0.6 is 23.1 Å². The first-order chi connectivity index (χ1) is 18.8. The van der Waals surface area contributed by atoms with Crippen molar-refractivity contribution in [3.05, 3.63) is 87.6 Å². The van der Waals surface area contributed by atoms with Gasteiger partial charge in [-0.25, -0.2) is 4.39 Å². The van der Waals surface area contributed by atoms with Crippen LogP contribution < -0.4 is 16.0 Å². The standard InChI is InChI=1S/C28H25FN6O2S2/c1-15-6-9-17(10-7-15)24-19(13-30)26(31)35(21-4-3-5-22(36)25(21)24)27-33-34-28(39-27)38-14-23(37)32-20-12-18(29)11-8-16(20)2/h6-12,24H,3-5,14,31H2,1-2H3,(H,32,37). The Morgan fingerprint density at radius 2 is 2.00 bits per heavy atom. The number of nitrogens with two attached hydrogens (primary N) is 1. The molecule has 1 aliphatic carbocycles. The van der Waals surface area contributed by atoms with Gasteiger partial charge in [-0.3, -0.25) is 14.5 Å². The van der Waals surface area contributed by atoms with Crippen LogP contribution in [0.1, 0.15) is 41.9 Å². The number of nitrogens with zero attached hydrogens (tertiary/aromatic N) is 4. The van der Waals surface area contributed by atoms with Crippen LogP contribution in [0.3, 0.4) is 0 Å². The zero-order valence-electron chi connectivity index (χ0n) is 21.3. The van der Waals surface area contributed by atoms with E-state index < -0.39 is 11.7 Å². The molecule has 2 aromatic carbocycles. The topological polar surface area (TPSA) is 125 Å². The van der Waals surface area contributed by atoms with Crippen molar-refractivity contribution in [1.82, 2.24) is 10.2 Å². The van der Waals surface area contributed by atoms with Crippen LogP contribution in [0.2, 0.25) is 0 Å². The molecule has 1 atom stereocenters. The average molecular weight is 561 g/mol. The minimum atomic E-state index is -0.536. The molecule has 2 heterocycles. The van der Waals surface area contributed by atoms with Crippen molar-refractivity contribution in [2.24, 2.45) is 5.73 Å². The second-order valence-corrected chi connectivity index (χ2v) is 11.6. The van der Waals surface area contributed by atoms with Crippen LogP contribution in [0.4, 0.5) is 15.2 Å². The summed E-state index contributed by atoms with van der Waals surface area (Å²) in [6.45, 7) is 3.77. The lowest BCUT2D eigenvalue weighted by Gasteiger charge is -2.38. The third-order valence-corrected chi connectivity index (χ3v) is 8.75. The average Bonchev–Trinajstić information content (AvgIpc) is 3.38. The number of hydrogen-bond donors (Lipinski definition) is 2. The van der Waals surface area contributed by atoms with E-state index in [2.05, 4.69) is 21.6 Å². The Hall–Kier alpha value is -4.01. The highest BCUT2D eigenvalue weighted by Crippen LogP contribution is 2.47. The Morgan fingerprint density at radius 1 is 1.23 bits per heavy atom. The number of halogens is 1. The van der Waals surface area contributed by atoms with E-state index in [0.29, 0.717) is 45.6 Å². The number of ketones is 1. The maximum Gasteiger partial charge on any atom is 0.234 e. The number of nitriles is 1. The molecule has 5 rings (SSSR count). The number of Topliss-reactive ketones (excluding diaryl/α,β-unsaturated/α-hetero) is 1. The summed E-state index contributed by atoms with van der Waals surface area (Å²) in [5.41, 5.74) is 11.3. The minimum absolute atomic E-state index is 0.00416. The van der Waals surface area contributed by atoms with Crippen LogP contribution in [0.5, 0.6) is 0 Å². The Balaban J connectivity index is 1.41. The van der Waals surface area contributed by atoms with Gasteiger partial charge in [-0.05, 0) is 49.9 Å². The van der Waals surface area contributed by atoms with Gasteiger partial charge in [0.15, 0.2) is 10.1 Å². The molecule has 0 saturated carbocycles. The van der Waals surface area contributed by atoms with Crippen LogP contribution in [0, 0.1) is 31.0 Å². The maximum absolute atomic E-state index is 13.6. The molecule has 0 bridgehead atoms. The largest absolute Gasteiger partial charge is 0.384 e. The number of thioether (sulfide) groups is 1. The van der Waals surface area contributed by atoms with E-state index >= 15 is 0 Å². The predicted octanol–water partition coefficient (Wildman–Crippen LogP) is 5.33. The molecule has 0 fully saturated rings. The Bertz CT molecular complexity index is 1570. The fraction of sp³-hybridized carbons (Fsp3) is 0.250. The molecule has 1 aliphatic heterocycles. The fourth-order valence-corrected chi connectivity index (χ4v) is 6.47. The van der Waals surface area contributed by atoms with Crippen LogP contribution in [0.15, 0.2) is 69.5 Å². The summed E-state index contributed by atoms with van der Waals surface area (Å²) in [7, 11) is 0. The van der Waals surface area contributed by atoms with E-state index in [1.165, 1.54) is 35.2 Å². The van der Waals surface area contributed by atoms with Crippen molar-refractivity contribution in [2.75, 3.05) is 16.0 Å². The summed E-state index contributed by atoms with van der Waals surface area (Å²) >= 11 is 2.41. The third kappa shape index (κ3) is 5.30. The first kappa shape index (κ1) is 26.6. The second kappa shape index (κ2) is 11.0. The normalized spacial score (nSPS) is 17.2. The zero-order valence-corrected chi connectivity index (χ0v) is 23.0. The second-order valence-electron chi connectivity index (χ2n) is 9.37. The van der Waals surface area contributed by atoms with Gasteiger partial charge in [0.1, 0.15) is 11.6 Å². The molecule has 11 heteroatoms. The van der Waals surface area contributed by atoms with E-state index in [9.17, 15) is 19.2 Å². The molecule has 2 aliphatic rings. The number of carbonyl (C=O) groups is 2. The first-order valence-electron chi connectivity index (χ1n) is 12.3. The van der Waals surface area contributed by atoms with Gasteiger partial charge >= 0.3 is 0 Å². The quantitative estimate of drug-likeness (QED) is 0.388. The lowest BCUT2D eigenvalue weighted by Crippen LogP contribution is -2.38. The van der Waals surface area contributed by atoms with E-state index in [4.69, 9.17) is 5.73 Å². The smallest absolute Gasteiger partial charge is 0.234 e. The summed E-state index contributed by atoms with van der Waals surface area (Å²) < 4.78 is 14.1. The predicted molar refractivity (Wildman–Crippen MR) is 150 cm³/mol. The number of amides is 1. The molecule has 1 amide bonds. The lowest BCUT2D eigenvalue weighted by molar-refractivity contribution is -0.116. The van der Waals surface area contributed by atoms with Crippen molar-refractivity contribution in [2.45, 2.75) is 43.4 Å². The third-order valence-electron chi connectivity index (χ3n) is 6.71. The fourth-order valence-electron chi connectivity index (χ4n) is 4.79. The Kier molecular flexibility index (Phi) is 7.50. The van der Waals surface area contributed by atoms with E-state index in [-0.39, 0.29) is 23.3 Å². The van der Waals surface area contributed by atoms with E-state index in [1.807, 2.05) is 31.2 Å². The number of carbonyl (C=O) groups excluding carboxylic acids is 2. The highest BCUT2D eigenvalue weighted by atomic mass is 32.2. The number of allylic oxidation sites excluding steroid dienone is 3. The number of nitrogens with one attached hydrogen (secondary N) is 1. The number of anilines is 2. The van der Waals surface area contributed by atoms with Gasteiger partial charge in [0.05, 0.1) is 23.3 Å². The van der Waals surface area contributed by atoms with Crippen molar-refractivity contribution >= 4 is 45.6 Å². The van der Waals surface area contributed by atoms with Crippen molar-refractivity contribution in [3.63, 3.8) is 0 Å². The van der Waals surface area contributed by atoms with Crippen molar-refractivity contribution in [3.8, 4) is 6.07 Å². The van der Waals surface area contributed by atoms with E-state index in [1.54, 1.807) is 17.9 Å². The number of aromatic nitrogens is 2. The molecule has 1 unspecified atom stereocenters. The lowest BCUT2D eigenvalue weighted by atomic mass is 9.75. The Labute approximate surface area is 233 Å². The molecule has 198 valence electrons. The van der Waals surface area contributed by atoms with Gasteiger partial charge in [0.2, 0.25) is 11.0 Å². The molecule has 1 aromatic heterocycles. The van der Waals surface area contributed by atoms with Gasteiger partial charge in [-0.15, -0.1) is 10.2 Å². The van der Waals surface area contributed by atoms with Gasteiger partial charge < -0.3 is 11.1 Å². The van der Waals surface area contributed by atoms with Crippen LogP contribution in [0.25, 0.3) is 0 Å². The maximum atomic E-state index is 13.6. The van der Waals surface area contributed by atoms with Crippen LogP contribution in [-0.2, 0) is 9.59 Å². The molecular weight excluding hydrogens is 535 g/mol. The zero-order chi connectivity index (χ0) is 27.7. The van der Waals surface area contributed by atoms with Crippen LogP contribution in [-0.4, -0.2) is 27.6 Å². The molecule has 8 nitrogen and oxygen atoms in total.